The monoisotopic (exact) mass is 801 g/mol. The zero-order valence-corrected chi connectivity index (χ0v) is 35.9. The quantitative estimate of drug-likeness (QED) is 0.204. The van der Waals surface area contributed by atoms with Gasteiger partial charge in [-0.05, 0) is 93.4 Å². The fourth-order valence-electron chi connectivity index (χ4n) is 8.19. The molecule has 3 atom stereocenters. The second kappa shape index (κ2) is 13.1. The summed E-state index contributed by atoms with van der Waals surface area (Å²) < 4.78 is 7.16. The van der Waals surface area contributed by atoms with Gasteiger partial charge in [0.2, 0.25) is 0 Å². The van der Waals surface area contributed by atoms with Crippen LogP contribution in [0.15, 0.2) is 72.8 Å². The van der Waals surface area contributed by atoms with Gasteiger partial charge in [-0.3, -0.25) is 0 Å². The first kappa shape index (κ1) is 37.8. The number of nitrogens with zero attached hydrogens (tertiary/aromatic N) is 1. The molecule has 254 valence electrons. The summed E-state index contributed by atoms with van der Waals surface area (Å²) in [6.07, 6.45) is 3.68. The third-order valence-electron chi connectivity index (χ3n) is 10.7. The molecule has 5 rings (SSSR count). The molecule has 0 aliphatic heterocycles. The molecule has 47 heavy (non-hydrogen) atoms. The number of aliphatic hydroxyl groups is 1. The number of hydrogen-bond acceptors (Lipinski definition) is 1. The first-order chi connectivity index (χ1) is 21.5. The van der Waals surface area contributed by atoms with Gasteiger partial charge in [0, 0.05) is 21.8 Å². The van der Waals surface area contributed by atoms with Crippen LogP contribution in [0, 0.1) is 16.2 Å². The van der Waals surface area contributed by atoms with Crippen molar-refractivity contribution in [3.05, 3.63) is 89.5 Å². The molecule has 4 aromatic rings. The van der Waals surface area contributed by atoms with Crippen LogP contribution in [0.2, 0.25) is 9.36 Å². The van der Waals surface area contributed by atoms with Crippen LogP contribution in [0.25, 0.3) is 27.4 Å². The van der Waals surface area contributed by atoms with E-state index >= 15 is 0 Å². The minimum atomic E-state index is -0.674. The van der Waals surface area contributed by atoms with Gasteiger partial charge in [0.15, 0.2) is 0 Å². The summed E-state index contributed by atoms with van der Waals surface area (Å²) in [5.41, 5.74) is 6.71. The van der Waals surface area contributed by atoms with Crippen LogP contribution in [0.5, 0.6) is 0 Å². The van der Waals surface area contributed by atoms with Crippen LogP contribution >= 0.6 is 0 Å². The summed E-state index contributed by atoms with van der Waals surface area (Å²) in [6.45, 7) is 30.4. The van der Waals surface area contributed by atoms with Gasteiger partial charge in [0.1, 0.15) is 6.10 Å². The van der Waals surface area contributed by atoms with E-state index in [1.165, 1.54) is 32.9 Å². The van der Waals surface area contributed by atoms with E-state index in [9.17, 15) is 5.11 Å². The van der Waals surface area contributed by atoms with Crippen molar-refractivity contribution < 1.29 is 28.0 Å². The van der Waals surface area contributed by atoms with Gasteiger partial charge in [-0.25, -0.2) is 0 Å². The van der Waals surface area contributed by atoms with Gasteiger partial charge in [0.05, 0.1) is 5.54 Å². The summed E-state index contributed by atoms with van der Waals surface area (Å²) in [5.74, 6) is 0. The van der Waals surface area contributed by atoms with Gasteiger partial charge in [-0.1, -0.05) is 132 Å². The summed E-state index contributed by atoms with van der Waals surface area (Å²) in [6, 6.07) is 24.6. The average Bonchev–Trinajstić information content (AvgIpc) is 3.27. The fourth-order valence-corrected chi connectivity index (χ4v) is 8.19. The van der Waals surface area contributed by atoms with Crippen LogP contribution in [-0.4, -0.2) is 15.8 Å². The Morgan fingerprint density at radius 1 is 0.723 bits per heavy atom. The number of aromatic nitrogens is 1. The van der Waals surface area contributed by atoms with Crippen molar-refractivity contribution in [2.24, 2.45) is 16.2 Å². The molecule has 3 unspecified atom stereocenters. The Kier molecular flexibility index (Phi) is 10.5. The van der Waals surface area contributed by atoms with Crippen molar-refractivity contribution in [1.29, 1.82) is 0 Å². The summed E-state index contributed by atoms with van der Waals surface area (Å²) in [5, 5.41) is 15.2. The Balaban J connectivity index is 0.00000160. The molecule has 0 amide bonds. The molecule has 3 aromatic carbocycles. The van der Waals surface area contributed by atoms with Gasteiger partial charge >= 0.3 is 32.3 Å². The van der Waals surface area contributed by atoms with Crippen molar-refractivity contribution in [2.75, 3.05) is 0 Å². The van der Waals surface area contributed by atoms with Gasteiger partial charge in [-0.2, -0.15) is 0 Å². The molecule has 1 heterocycles. The van der Waals surface area contributed by atoms with Crippen molar-refractivity contribution in [1.82, 2.24) is 4.57 Å². The number of fused-ring (bicyclic) bond motifs is 3. The van der Waals surface area contributed by atoms with Crippen molar-refractivity contribution in [3.63, 3.8) is 0 Å². The number of allylic oxidation sites excluding steroid dienone is 1. The van der Waals surface area contributed by atoms with E-state index in [-0.39, 0.29) is 50.0 Å². The van der Waals surface area contributed by atoms with E-state index < -0.39 is 11.6 Å². The molecule has 0 saturated heterocycles. The second-order valence-electron chi connectivity index (χ2n) is 18.7. The van der Waals surface area contributed by atoms with Crippen LogP contribution in [0.1, 0.15) is 120 Å². The molecule has 3 heteroatoms. The Bertz CT molecular complexity index is 1670. The molecule has 1 aromatic heterocycles. The van der Waals surface area contributed by atoms with Crippen molar-refractivity contribution >= 4 is 27.4 Å². The van der Waals surface area contributed by atoms with Crippen LogP contribution in [0.3, 0.4) is 0 Å². The third kappa shape index (κ3) is 7.47. The fraction of sp³-hybridized carbons (Fsp3) is 0.545. The minimum absolute atomic E-state index is 0.00967. The molecular formula is C44H63HfNO. The van der Waals surface area contributed by atoms with Crippen LogP contribution in [0.4, 0.5) is 0 Å². The molecular weight excluding hydrogens is 737 g/mol. The maximum atomic E-state index is 12.6. The topological polar surface area (TPSA) is 25.2 Å². The van der Waals surface area contributed by atoms with Crippen molar-refractivity contribution in [3.8, 4) is 0 Å². The maximum absolute atomic E-state index is 12.6. The van der Waals surface area contributed by atoms with Crippen molar-refractivity contribution in [2.45, 2.75) is 135 Å². The molecule has 0 saturated carbocycles. The predicted octanol–water partition coefficient (Wildman–Crippen LogP) is 12.6. The van der Waals surface area contributed by atoms with E-state index in [4.69, 9.17) is 0 Å². The van der Waals surface area contributed by atoms with E-state index in [1.807, 2.05) is 0 Å². The van der Waals surface area contributed by atoms with Gasteiger partial charge in [-0.15, -0.1) is 0 Å². The first-order valence-corrected chi connectivity index (χ1v) is 24.8. The van der Waals surface area contributed by atoms with Gasteiger partial charge < -0.3 is 9.67 Å². The number of hydrogen-bond donors (Lipinski definition) is 1. The van der Waals surface area contributed by atoms with Gasteiger partial charge in [0.25, 0.3) is 0 Å². The Morgan fingerprint density at radius 3 is 1.57 bits per heavy atom. The summed E-state index contributed by atoms with van der Waals surface area (Å²) >= 11 is 0.0833. The Morgan fingerprint density at radius 2 is 1.17 bits per heavy atom. The average molecular weight is 800 g/mol. The SMILES string of the molecule is CC(C)(C)CC(C)(C)C1(C)C=C(c2ccccc2)C(O)C(C)(n2c3ccc(C(C)(C)C)cc3c3cc(C(C)(C)C)ccc32)C1.[CH3][Hf][CH3]. The molecule has 0 fully saturated rings. The van der Waals surface area contributed by atoms with E-state index in [1.54, 1.807) is 0 Å². The normalized spacial score (nSPS) is 22.6. The first-order valence-electron chi connectivity index (χ1n) is 17.6. The number of aliphatic hydroxyl groups excluding tert-OH is 1. The Hall–Kier alpha value is -1.97. The number of rotatable bonds is 4. The molecule has 1 N–H and O–H groups in total. The molecule has 0 radical (unpaired) electrons. The Labute approximate surface area is 298 Å². The third-order valence-corrected chi connectivity index (χ3v) is 10.7. The molecule has 0 spiro atoms. The molecule has 0 bridgehead atoms. The molecule has 1 aliphatic carbocycles. The van der Waals surface area contributed by atoms with Crippen LogP contribution < -0.4 is 0 Å². The molecule has 1 aliphatic rings. The number of benzene rings is 3. The van der Waals surface area contributed by atoms with E-state index in [2.05, 4.69) is 177 Å². The summed E-state index contributed by atoms with van der Waals surface area (Å²) in [4.78, 5) is 0. The van der Waals surface area contributed by atoms with E-state index in [0.29, 0.717) is 0 Å². The second-order valence-corrected chi connectivity index (χ2v) is 22.3. The van der Waals surface area contributed by atoms with E-state index in [0.717, 1.165) is 24.0 Å². The molecule has 2 nitrogen and oxygen atoms in total. The van der Waals surface area contributed by atoms with Crippen LogP contribution in [-0.2, 0) is 39.3 Å². The predicted molar refractivity (Wildman–Crippen MR) is 203 cm³/mol. The zero-order chi connectivity index (χ0) is 35.4. The standard InChI is InChI=1S/C42H57NO.2CH3.Hf/c1-37(2,3)26-40(10,11)41(12)25-33(28-17-15-14-16-18-28)36(44)42(13,27-41)43-34-21-19-29(38(4,5)6)23-31(34)32-24-30(39(7,8)9)20-22-35(32)43;;;/h14-25,36,44H,26-27H2,1-13H3;2*1H3;. The summed E-state index contributed by atoms with van der Waals surface area (Å²) in [7, 11) is 0. The zero-order valence-electron chi connectivity index (χ0n) is 32.3.